The minimum Gasteiger partial charge on any atom is -0.279 e. The average Bonchev–Trinajstić information content (AvgIpc) is 2.48. The summed E-state index contributed by atoms with van der Waals surface area (Å²) in [6.07, 6.45) is 5.52. The molecule has 0 aromatic heterocycles. The van der Waals surface area contributed by atoms with E-state index in [1.54, 1.807) is 0 Å². The Morgan fingerprint density at radius 3 is 2.37 bits per heavy atom. The van der Waals surface area contributed by atoms with Crippen LogP contribution in [0.2, 0.25) is 0 Å². The second kappa shape index (κ2) is 6.01. The van der Waals surface area contributed by atoms with E-state index in [0.29, 0.717) is 0 Å². The van der Waals surface area contributed by atoms with Gasteiger partial charge < -0.3 is 0 Å². The quantitative estimate of drug-likeness (QED) is 0.455. The van der Waals surface area contributed by atoms with Gasteiger partial charge in [0.1, 0.15) is 0 Å². The third kappa shape index (κ3) is 2.74. The number of hydrogen-bond acceptors (Lipinski definition) is 2. The van der Waals surface area contributed by atoms with Gasteiger partial charge in [0.2, 0.25) is 0 Å². The molecule has 0 amide bonds. The Morgan fingerprint density at radius 2 is 1.74 bits per heavy atom. The highest BCUT2D eigenvalue weighted by Gasteiger charge is 2.03. The third-order valence-electron chi connectivity index (χ3n) is 3.07. The molecule has 3 heteroatoms. The van der Waals surface area contributed by atoms with Crippen molar-refractivity contribution in [2.45, 2.75) is 13.8 Å². The minimum absolute atomic E-state index is 0.848. The molecule has 0 unspecified atom stereocenters. The summed E-state index contributed by atoms with van der Waals surface area (Å²) in [6.45, 7) is 5.81. The molecule has 0 bridgehead atoms. The predicted octanol–water partition coefficient (Wildman–Crippen LogP) is 4.16. The molecule has 96 valence electrons. The summed E-state index contributed by atoms with van der Waals surface area (Å²) < 4.78 is 0. The van der Waals surface area contributed by atoms with Crippen molar-refractivity contribution in [2.75, 3.05) is 13.1 Å². The molecule has 0 heterocycles. The monoisotopic (exact) mass is 251 g/mol. The predicted molar refractivity (Wildman–Crippen MR) is 79.3 cm³/mol. The summed E-state index contributed by atoms with van der Waals surface area (Å²) >= 11 is 0. The molecule has 0 aliphatic heterocycles. The summed E-state index contributed by atoms with van der Waals surface area (Å²) in [5.74, 6) is 2.70. The van der Waals surface area contributed by atoms with E-state index in [1.807, 2.05) is 41.4 Å². The summed E-state index contributed by atoms with van der Waals surface area (Å²) in [5.41, 5.74) is 1.74. The Hall–Kier alpha value is -2.34. The average molecular weight is 251 g/mol. The van der Waals surface area contributed by atoms with Crippen LogP contribution in [-0.2, 0) is 0 Å². The first kappa shape index (κ1) is 13.1. The molecule has 0 N–H and O–H groups in total. The van der Waals surface area contributed by atoms with Crippen LogP contribution in [0.25, 0.3) is 10.8 Å². The van der Waals surface area contributed by atoms with E-state index in [1.165, 1.54) is 0 Å². The van der Waals surface area contributed by atoms with Crippen LogP contribution in [0.15, 0.2) is 46.7 Å². The van der Waals surface area contributed by atoms with Gasteiger partial charge in [0, 0.05) is 24.0 Å². The molecule has 2 aromatic carbocycles. The Morgan fingerprint density at radius 1 is 1.05 bits per heavy atom. The van der Waals surface area contributed by atoms with Gasteiger partial charge in [0.25, 0.3) is 0 Å². The van der Waals surface area contributed by atoms with E-state index in [9.17, 15) is 0 Å². The fourth-order valence-electron chi connectivity index (χ4n) is 1.96. The van der Waals surface area contributed by atoms with E-state index in [-0.39, 0.29) is 0 Å². The number of terminal acetylenes is 1. The molecule has 19 heavy (non-hydrogen) atoms. The minimum atomic E-state index is 0.848. The van der Waals surface area contributed by atoms with E-state index in [4.69, 9.17) is 6.42 Å². The van der Waals surface area contributed by atoms with Gasteiger partial charge in [0.15, 0.2) is 0 Å². The molecule has 0 saturated carbocycles. The maximum atomic E-state index is 5.52. The lowest BCUT2D eigenvalue weighted by molar-refractivity contribution is 0.301. The zero-order valence-corrected chi connectivity index (χ0v) is 11.3. The lowest BCUT2D eigenvalue weighted by atomic mass is 10.0. The number of benzene rings is 2. The van der Waals surface area contributed by atoms with Crippen molar-refractivity contribution in [1.82, 2.24) is 5.01 Å². The van der Waals surface area contributed by atoms with Crippen molar-refractivity contribution in [3.63, 3.8) is 0 Å². The summed E-state index contributed by atoms with van der Waals surface area (Å²) in [5, 5.41) is 12.6. The van der Waals surface area contributed by atoms with Crippen LogP contribution < -0.4 is 0 Å². The van der Waals surface area contributed by atoms with Crippen molar-refractivity contribution in [2.24, 2.45) is 10.3 Å². The maximum absolute atomic E-state index is 5.52. The summed E-state index contributed by atoms with van der Waals surface area (Å²) in [6, 6.07) is 11.8. The van der Waals surface area contributed by atoms with Crippen LogP contribution in [0.3, 0.4) is 0 Å². The SMILES string of the molecule is C#Cc1ccc(N=NN(CC)CC)c2ccccc12. The van der Waals surface area contributed by atoms with E-state index in [2.05, 4.69) is 30.1 Å². The van der Waals surface area contributed by atoms with E-state index < -0.39 is 0 Å². The summed E-state index contributed by atoms with van der Waals surface area (Å²) in [7, 11) is 0. The lowest BCUT2D eigenvalue weighted by Gasteiger charge is -2.11. The van der Waals surface area contributed by atoms with Crippen molar-refractivity contribution < 1.29 is 0 Å². The van der Waals surface area contributed by atoms with Crippen molar-refractivity contribution in [3.05, 3.63) is 42.0 Å². The highest BCUT2D eigenvalue weighted by atomic mass is 15.5. The summed E-state index contributed by atoms with van der Waals surface area (Å²) in [4.78, 5) is 0. The Labute approximate surface area is 113 Å². The number of nitrogens with zero attached hydrogens (tertiary/aromatic N) is 3. The molecule has 0 saturated heterocycles. The molecular weight excluding hydrogens is 234 g/mol. The van der Waals surface area contributed by atoms with Crippen LogP contribution in [0.5, 0.6) is 0 Å². The highest BCUT2D eigenvalue weighted by molar-refractivity contribution is 5.96. The molecule has 0 aliphatic rings. The van der Waals surface area contributed by atoms with Crippen LogP contribution in [-0.4, -0.2) is 18.1 Å². The van der Waals surface area contributed by atoms with E-state index >= 15 is 0 Å². The first-order valence-electron chi connectivity index (χ1n) is 6.45. The zero-order chi connectivity index (χ0) is 13.7. The molecule has 2 aromatic rings. The standard InChI is InChI=1S/C16H17N3/c1-4-13-11-12-16(17-18-19(5-2)6-3)15-10-8-7-9-14(13)15/h1,7-12H,5-6H2,2-3H3. The van der Waals surface area contributed by atoms with Crippen molar-refractivity contribution in [3.8, 4) is 12.3 Å². The Balaban J connectivity index is 2.48. The van der Waals surface area contributed by atoms with Crippen molar-refractivity contribution in [1.29, 1.82) is 0 Å². The fraction of sp³-hybridized carbons (Fsp3) is 0.250. The van der Waals surface area contributed by atoms with Gasteiger partial charge in [-0.05, 0) is 31.4 Å². The van der Waals surface area contributed by atoms with Gasteiger partial charge in [-0.2, -0.15) is 0 Å². The number of fused-ring (bicyclic) bond motifs is 1. The first-order valence-corrected chi connectivity index (χ1v) is 6.45. The molecule has 3 nitrogen and oxygen atoms in total. The molecule has 0 atom stereocenters. The zero-order valence-electron chi connectivity index (χ0n) is 11.3. The smallest absolute Gasteiger partial charge is 0.0953 e. The fourth-order valence-corrected chi connectivity index (χ4v) is 1.96. The van der Waals surface area contributed by atoms with Crippen LogP contribution >= 0.6 is 0 Å². The topological polar surface area (TPSA) is 28.0 Å². The normalized spacial score (nSPS) is 10.8. The molecule has 0 spiro atoms. The molecule has 0 fully saturated rings. The van der Waals surface area contributed by atoms with Crippen molar-refractivity contribution >= 4 is 16.5 Å². The Kier molecular flexibility index (Phi) is 4.15. The third-order valence-corrected chi connectivity index (χ3v) is 3.07. The van der Waals surface area contributed by atoms with Gasteiger partial charge in [-0.1, -0.05) is 35.4 Å². The van der Waals surface area contributed by atoms with Crippen LogP contribution in [0.1, 0.15) is 19.4 Å². The Bertz CT molecular complexity index is 634. The van der Waals surface area contributed by atoms with Gasteiger partial charge in [-0.25, -0.2) is 0 Å². The van der Waals surface area contributed by atoms with Gasteiger partial charge >= 0.3 is 0 Å². The largest absolute Gasteiger partial charge is 0.279 e. The second-order valence-electron chi connectivity index (χ2n) is 4.15. The van der Waals surface area contributed by atoms with E-state index in [0.717, 1.165) is 35.1 Å². The molecule has 0 aliphatic carbocycles. The van der Waals surface area contributed by atoms with Gasteiger partial charge in [0.05, 0.1) is 5.69 Å². The lowest BCUT2D eigenvalue weighted by Crippen LogP contribution is -2.14. The number of hydrogen-bond donors (Lipinski definition) is 0. The van der Waals surface area contributed by atoms with Crippen LogP contribution in [0, 0.1) is 12.3 Å². The maximum Gasteiger partial charge on any atom is 0.0953 e. The van der Waals surface area contributed by atoms with Crippen LogP contribution in [0.4, 0.5) is 5.69 Å². The van der Waals surface area contributed by atoms with Gasteiger partial charge in [-0.3, -0.25) is 5.01 Å². The van der Waals surface area contributed by atoms with Gasteiger partial charge in [-0.15, -0.1) is 11.5 Å². The molecular formula is C16H17N3. The number of rotatable bonds is 4. The second-order valence-corrected chi connectivity index (χ2v) is 4.15. The first-order chi connectivity index (χ1) is 9.30. The molecule has 2 rings (SSSR count). The molecule has 0 radical (unpaired) electrons. The highest BCUT2D eigenvalue weighted by Crippen LogP contribution is 2.28.